The van der Waals surface area contributed by atoms with Crippen LogP contribution in [0.1, 0.15) is 56.1 Å². The van der Waals surface area contributed by atoms with Gasteiger partial charge in [-0.2, -0.15) is 0 Å². The lowest BCUT2D eigenvalue weighted by molar-refractivity contribution is 0.332. The monoisotopic (exact) mass is 349 g/mol. The summed E-state index contributed by atoms with van der Waals surface area (Å²) in [6.07, 6.45) is 18.6. The highest BCUT2D eigenvalue weighted by molar-refractivity contribution is 5.87. The minimum absolute atomic E-state index is 0.625. The predicted molar refractivity (Wildman–Crippen MR) is 110 cm³/mol. The summed E-state index contributed by atoms with van der Waals surface area (Å²) >= 11 is 0. The van der Waals surface area contributed by atoms with Crippen LogP contribution in [0.5, 0.6) is 0 Å². The molecule has 1 aromatic carbocycles. The predicted octanol–water partition coefficient (Wildman–Crippen LogP) is 5.39. The van der Waals surface area contributed by atoms with E-state index in [0.29, 0.717) is 5.92 Å². The van der Waals surface area contributed by atoms with Crippen LogP contribution >= 0.6 is 0 Å². The second-order valence-electron chi connectivity index (χ2n) is 8.05. The van der Waals surface area contributed by atoms with E-state index in [4.69, 9.17) is 0 Å². The molecule has 2 aliphatic carbocycles. The Labute approximate surface area is 157 Å². The molecule has 0 aliphatic heterocycles. The lowest BCUT2D eigenvalue weighted by Crippen LogP contribution is -2.25. The summed E-state index contributed by atoms with van der Waals surface area (Å²) in [6.45, 7) is 4.46. The number of hydrogen-bond acceptors (Lipinski definition) is 2. The first-order chi connectivity index (χ1) is 12.8. The summed E-state index contributed by atoms with van der Waals surface area (Å²) in [6, 6.07) is 4.35. The van der Waals surface area contributed by atoms with Gasteiger partial charge >= 0.3 is 0 Å². The zero-order chi connectivity index (χ0) is 17.8. The molecule has 138 valence electrons. The molecule has 0 saturated heterocycles. The van der Waals surface area contributed by atoms with Crippen LogP contribution in [-0.2, 0) is 0 Å². The molecule has 2 aliphatic rings. The maximum atomic E-state index is 4.46. The molecule has 3 heteroatoms. The molecular weight excluding hydrogens is 318 g/mol. The zero-order valence-corrected chi connectivity index (χ0v) is 15.9. The molecule has 26 heavy (non-hydrogen) atoms. The van der Waals surface area contributed by atoms with E-state index in [-0.39, 0.29) is 0 Å². The van der Waals surface area contributed by atoms with Crippen molar-refractivity contribution in [3.63, 3.8) is 0 Å². The van der Waals surface area contributed by atoms with Crippen LogP contribution < -0.4 is 5.32 Å². The number of hydrogen-bond donors (Lipinski definition) is 2. The molecule has 1 heterocycles. The molecule has 0 spiro atoms. The Kier molecular flexibility index (Phi) is 5.54. The largest absolute Gasteiger partial charge is 0.345 e. The Balaban J connectivity index is 1.28. The normalized spacial score (nSPS) is 21.3. The highest BCUT2D eigenvalue weighted by Gasteiger charge is 2.15. The van der Waals surface area contributed by atoms with E-state index in [0.717, 1.165) is 29.9 Å². The van der Waals surface area contributed by atoms with Gasteiger partial charge < -0.3 is 10.3 Å². The van der Waals surface area contributed by atoms with Crippen LogP contribution in [0.25, 0.3) is 16.6 Å². The molecule has 1 unspecified atom stereocenters. The van der Waals surface area contributed by atoms with Gasteiger partial charge in [-0.3, -0.25) is 0 Å². The molecule has 3 nitrogen and oxygen atoms in total. The summed E-state index contributed by atoms with van der Waals surface area (Å²) in [4.78, 5) is 7.65. The lowest BCUT2D eigenvalue weighted by Gasteiger charge is -2.22. The third-order valence-electron chi connectivity index (χ3n) is 6.20. The second kappa shape index (κ2) is 8.22. The summed E-state index contributed by atoms with van der Waals surface area (Å²) in [5.41, 5.74) is 6.12. The minimum Gasteiger partial charge on any atom is -0.345 e. The van der Waals surface area contributed by atoms with Gasteiger partial charge in [-0.1, -0.05) is 56.4 Å². The number of aryl methyl sites for hydroxylation is 1. The topological polar surface area (TPSA) is 40.7 Å². The van der Waals surface area contributed by atoms with E-state index in [1.165, 1.54) is 61.8 Å². The highest BCUT2D eigenvalue weighted by Crippen LogP contribution is 2.29. The number of H-pyrrole nitrogens is 1. The van der Waals surface area contributed by atoms with Gasteiger partial charge in [0.15, 0.2) is 0 Å². The van der Waals surface area contributed by atoms with Crippen molar-refractivity contribution in [2.24, 2.45) is 11.8 Å². The number of imidazole rings is 1. The van der Waals surface area contributed by atoms with E-state index in [1.54, 1.807) is 6.33 Å². The van der Waals surface area contributed by atoms with Crippen molar-refractivity contribution >= 4 is 16.6 Å². The summed E-state index contributed by atoms with van der Waals surface area (Å²) in [7, 11) is 0. The van der Waals surface area contributed by atoms with Gasteiger partial charge in [0.25, 0.3) is 0 Å². The summed E-state index contributed by atoms with van der Waals surface area (Å²) in [5.74, 6) is 1.60. The molecule has 1 saturated carbocycles. The second-order valence-corrected chi connectivity index (χ2v) is 8.05. The van der Waals surface area contributed by atoms with E-state index in [1.807, 2.05) is 0 Å². The van der Waals surface area contributed by atoms with Crippen LogP contribution in [0.4, 0.5) is 0 Å². The first-order valence-electron chi connectivity index (χ1n) is 10.3. The number of nitrogens with zero attached hydrogens (tertiary/aromatic N) is 1. The Hall–Kier alpha value is -1.87. The van der Waals surface area contributed by atoms with Crippen molar-refractivity contribution < 1.29 is 0 Å². The maximum Gasteiger partial charge on any atom is 0.0931 e. The molecule has 0 bridgehead atoms. The van der Waals surface area contributed by atoms with E-state index in [2.05, 4.69) is 52.6 Å². The van der Waals surface area contributed by atoms with Gasteiger partial charge in [-0.05, 0) is 60.9 Å². The molecule has 0 radical (unpaired) electrons. The number of rotatable bonds is 6. The highest BCUT2D eigenvalue weighted by atomic mass is 14.9. The molecule has 1 atom stereocenters. The number of allylic oxidation sites excluding steroid dienone is 3. The van der Waals surface area contributed by atoms with Gasteiger partial charge in [-0.25, -0.2) is 4.98 Å². The van der Waals surface area contributed by atoms with E-state index in [9.17, 15) is 0 Å². The fourth-order valence-electron chi connectivity index (χ4n) is 4.55. The van der Waals surface area contributed by atoms with E-state index < -0.39 is 0 Å². The first kappa shape index (κ1) is 17.5. The Morgan fingerprint density at radius 3 is 2.88 bits per heavy atom. The third kappa shape index (κ3) is 3.93. The smallest absolute Gasteiger partial charge is 0.0931 e. The molecule has 0 amide bonds. The SMILES string of the molecule is Cc1c(C2=CCC(CNCCC3CCCCC3)C=C2)ccc2[nH]cnc12. The molecule has 1 aromatic heterocycles. The number of benzene rings is 1. The third-order valence-corrected chi connectivity index (χ3v) is 6.20. The molecule has 2 N–H and O–H groups in total. The average Bonchev–Trinajstić information content (AvgIpc) is 3.17. The Morgan fingerprint density at radius 1 is 1.19 bits per heavy atom. The molecule has 4 rings (SSSR count). The number of aromatic nitrogens is 2. The van der Waals surface area contributed by atoms with Crippen LogP contribution in [0, 0.1) is 18.8 Å². The molecule has 1 fully saturated rings. The lowest BCUT2D eigenvalue weighted by atomic mass is 9.87. The molecular formula is C23H31N3. The first-order valence-corrected chi connectivity index (χ1v) is 10.3. The minimum atomic E-state index is 0.625. The Bertz CT molecular complexity index is 793. The van der Waals surface area contributed by atoms with Crippen molar-refractivity contribution in [1.29, 1.82) is 0 Å². The van der Waals surface area contributed by atoms with Gasteiger partial charge in [0, 0.05) is 6.54 Å². The maximum absolute atomic E-state index is 4.46. The quantitative estimate of drug-likeness (QED) is 0.686. The van der Waals surface area contributed by atoms with Crippen LogP contribution in [0.15, 0.2) is 36.7 Å². The van der Waals surface area contributed by atoms with Gasteiger partial charge in [0.05, 0.1) is 17.4 Å². The van der Waals surface area contributed by atoms with Gasteiger partial charge in [-0.15, -0.1) is 0 Å². The van der Waals surface area contributed by atoms with Crippen molar-refractivity contribution in [2.45, 2.75) is 51.9 Å². The fraction of sp³-hybridized carbons (Fsp3) is 0.522. The standard InChI is InChI=1S/C23H31N3/c1-17-21(11-12-22-23(17)26-16-25-22)20-9-7-19(8-10-20)15-24-14-13-18-5-3-2-4-6-18/h7,9-12,16,18-19,24H,2-6,8,13-15H2,1H3,(H,25,26). The zero-order valence-electron chi connectivity index (χ0n) is 15.9. The number of fused-ring (bicyclic) bond motifs is 1. The van der Waals surface area contributed by atoms with Crippen molar-refractivity contribution in [3.8, 4) is 0 Å². The van der Waals surface area contributed by atoms with Gasteiger partial charge in [0.2, 0.25) is 0 Å². The van der Waals surface area contributed by atoms with Crippen LogP contribution in [0.2, 0.25) is 0 Å². The number of nitrogens with one attached hydrogen (secondary N) is 2. The fourth-order valence-corrected chi connectivity index (χ4v) is 4.55. The summed E-state index contributed by atoms with van der Waals surface area (Å²) in [5, 5.41) is 3.69. The summed E-state index contributed by atoms with van der Waals surface area (Å²) < 4.78 is 0. The Morgan fingerprint density at radius 2 is 2.08 bits per heavy atom. The van der Waals surface area contributed by atoms with E-state index >= 15 is 0 Å². The van der Waals surface area contributed by atoms with Crippen LogP contribution in [0.3, 0.4) is 0 Å². The van der Waals surface area contributed by atoms with Crippen molar-refractivity contribution in [1.82, 2.24) is 15.3 Å². The van der Waals surface area contributed by atoms with Crippen molar-refractivity contribution in [3.05, 3.63) is 47.8 Å². The van der Waals surface area contributed by atoms with Gasteiger partial charge in [0.1, 0.15) is 0 Å². The molecule has 2 aromatic rings. The average molecular weight is 350 g/mol. The number of aromatic amines is 1. The van der Waals surface area contributed by atoms with Crippen LogP contribution in [-0.4, -0.2) is 23.1 Å². The van der Waals surface area contributed by atoms with Crippen molar-refractivity contribution in [2.75, 3.05) is 13.1 Å².